The molecule has 0 amide bonds. The molecule has 6 aromatic carbocycles. The molecule has 0 radical (unpaired) electrons. The van der Waals surface area contributed by atoms with Gasteiger partial charge in [0.05, 0.1) is 48.4 Å². The van der Waals surface area contributed by atoms with Crippen LogP contribution >= 0.6 is 31.9 Å². The molecule has 3 aliphatic rings. The zero-order valence-electron chi connectivity index (χ0n) is 48.0. The fraction of sp³-hybridized carbons (Fsp3) is 0.339. The van der Waals surface area contributed by atoms with Gasteiger partial charge < -0.3 is 42.5 Å². The Kier molecular flexibility index (Phi) is 25.4. The second-order valence-corrected chi connectivity index (χ2v) is 23.5. The van der Waals surface area contributed by atoms with Crippen molar-refractivity contribution >= 4 is 94.4 Å². The summed E-state index contributed by atoms with van der Waals surface area (Å²) in [6.07, 6.45) is 2.15. The third-order valence-electron chi connectivity index (χ3n) is 14.3. The molecule has 0 saturated carbocycles. The Morgan fingerprint density at radius 2 is 0.733 bits per heavy atom. The van der Waals surface area contributed by atoms with Crippen LogP contribution in [-0.4, -0.2) is 93.5 Å². The third kappa shape index (κ3) is 18.9. The van der Waals surface area contributed by atoms with E-state index >= 15 is 0 Å². The summed E-state index contributed by atoms with van der Waals surface area (Å²) in [7, 11) is -1.65. The molecule has 0 spiro atoms. The second-order valence-electron chi connectivity index (χ2n) is 21.8. The molecular formula is C59H69B3Br2FN3O18. The molecule has 3 saturated heterocycles. The quantitative estimate of drug-likeness (QED) is 0.0516. The lowest BCUT2D eigenvalue weighted by atomic mass is 9.49. The number of benzene rings is 6. The molecule has 9 rings (SSSR count). The Bertz CT molecular complexity index is 3260. The van der Waals surface area contributed by atoms with Gasteiger partial charge in [0.1, 0.15) is 40.9 Å². The van der Waals surface area contributed by atoms with E-state index in [0.717, 1.165) is 12.6 Å². The Morgan fingerprint density at radius 1 is 0.442 bits per heavy atom. The summed E-state index contributed by atoms with van der Waals surface area (Å²) in [5.74, 6) is 1.62. The van der Waals surface area contributed by atoms with E-state index < -0.39 is 47.1 Å². The minimum Gasteiger partial charge on any atom is -0.508 e. The molecule has 86 heavy (non-hydrogen) atoms. The highest BCUT2D eigenvalue weighted by molar-refractivity contribution is 9.10. The van der Waals surface area contributed by atoms with Crippen molar-refractivity contribution in [1.29, 1.82) is 0 Å². The topological polar surface area (TPSA) is 275 Å². The number of hydrogen-bond donors (Lipinski definition) is 1. The van der Waals surface area contributed by atoms with E-state index in [9.17, 15) is 49.1 Å². The molecule has 21 nitrogen and oxygen atoms in total. The zero-order valence-corrected chi connectivity index (χ0v) is 51.1. The number of aldehydes is 3. The molecule has 0 aliphatic carbocycles. The summed E-state index contributed by atoms with van der Waals surface area (Å²) in [6.45, 7) is 23.9. The predicted octanol–water partition coefficient (Wildman–Crippen LogP) is 14.7. The smallest absolute Gasteiger partial charge is 0.495 e. The Balaban J connectivity index is 0.000000293. The van der Waals surface area contributed by atoms with Gasteiger partial charge in [-0.05, 0) is 211 Å². The highest BCUT2D eigenvalue weighted by Crippen LogP contribution is 2.43. The van der Waals surface area contributed by atoms with Crippen molar-refractivity contribution in [2.45, 2.75) is 132 Å². The number of carbonyl (C=O) groups is 3. The first-order chi connectivity index (χ1) is 39.0. The number of aromatic hydroxyl groups is 1. The van der Waals surface area contributed by atoms with Gasteiger partial charge in [-0.25, -0.2) is 4.39 Å². The van der Waals surface area contributed by atoms with Gasteiger partial charge in [-0.1, -0.05) is 14.9 Å². The maximum Gasteiger partial charge on any atom is 0.495 e. The van der Waals surface area contributed by atoms with Crippen molar-refractivity contribution in [3.05, 3.63) is 189 Å². The average molecular weight is 1320 g/mol. The third-order valence-corrected chi connectivity index (χ3v) is 15.6. The number of carbonyl (C=O) groups excluding carboxylic acids is 3. The number of non-ortho nitro benzene ring substituents is 3. The number of phenolic OH excluding ortho intramolecular Hbond substituents is 1. The SMILES string of the molecule is C.C.CC1(C)OB(B2OC(C)(C)C(C)(C)O2)OC1(C)C.CC1(C)OB(c2cc(Oc3ccc([N+](=O)[O-])cc3)ccc2C=O)OC1(C)C.O=Cc1ccc(F)cc1Br.O=Cc1ccc(Oc2ccc([N+](=O)[O-])cc2)cc1Br.O=[N+]([O-])c1ccc(O)cc1. The van der Waals surface area contributed by atoms with E-state index in [1.54, 1.807) is 36.4 Å². The van der Waals surface area contributed by atoms with Crippen molar-refractivity contribution in [2.75, 3.05) is 0 Å². The molecule has 27 heteroatoms. The number of nitro benzene ring substituents is 3. The molecule has 0 bridgehead atoms. The molecule has 1 N–H and O–H groups in total. The summed E-state index contributed by atoms with van der Waals surface area (Å²) in [5.41, 5.74) is -0.533. The Morgan fingerprint density at radius 3 is 1.06 bits per heavy atom. The van der Waals surface area contributed by atoms with E-state index in [1.165, 1.54) is 91.0 Å². The van der Waals surface area contributed by atoms with Crippen LogP contribution in [0.2, 0.25) is 0 Å². The number of nitro groups is 3. The first kappa shape index (κ1) is 73.0. The lowest BCUT2D eigenvalue weighted by Gasteiger charge is -2.32. The van der Waals surface area contributed by atoms with E-state index in [0.29, 0.717) is 60.4 Å². The normalized spacial score (nSPS) is 16.6. The largest absolute Gasteiger partial charge is 0.508 e. The van der Waals surface area contributed by atoms with Gasteiger partial charge in [0.15, 0.2) is 12.6 Å². The minimum absolute atomic E-state index is 0. The van der Waals surface area contributed by atoms with Gasteiger partial charge in [-0.2, -0.15) is 0 Å². The van der Waals surface area contributed by atoms with Gasteiger partial charge in [-0.15, -0.1) is 0 Å². The molecule has 0 unspecified atom stereocenters. The van der Waals surface area contributed by atoms with Crippen LogP contribution in [0.1, 0.15) is 129 Å². The molecule has 458 valence electrons. The Hall–Kier alpha value is -7.23. The molecule has 3 heterocycles. The van der Waals surface area contributed by atoms with Crippen LogP contribution in [0, 0.1) is 36.2 Å². The lowest BCUT2D eigenvalue weighted by Crippen LogP contribution is -2.41. The number of rotatable bonds is 12. The van der Waals surface area contributed by atoms with Gasteiger partial charge in [0.25, 0.3) is 17.1 Å². The zero-order chi connectivity index (χ0) is 62.8. The van der Waals surface area contributed by atoms with Crippen LogP contribution in [0.5, 0.6) is 28.7 Å². The van der Waals surface area contributed by atoms with Crippen molar-refractivity contribution in [3.8, 4) is 28.7 Å². The summed E-state index contributed by atoms with van der Waals surface area (Å²) >= 11 is 6.29. The monoisotopic (exact) mass is 1320 g/mol. The molecular weight excluding hydrogens is 1250 g/mol. The number of hydrogen-bond acceptors (Lipinski definition) is 18. The predicted molar refractivity (Wildman–Crippen MR) is 333 cm³/mol. The van der Waals surface area contributed by atoms with E-state index in [-0.39, 0.29) is 65.9 Å². The molecule has 0 aromatic heterocycles. The second kappa shape index (κ2) is 29.9. The van der Waals surface area contributed by atoms with E-state index in [4.69, 9.17) is 42.5 Å². The average Bonchev–Trinajstić information content (AvgIpc) is 2.09. The number of ether oxygens (including phenoxy) is 2. The van der Waals surface area contributed by atoms with E-state index in [1.807, 2.05) is 83.1 Å². The van der Waals surface area contributed by atoms with Gasteiger partial charge in [-0.3, -0.25) is 44.7 Å². The van der Waals surface area contributed by atoms with Crippen LogP contribution in [-0.2, 0) is 27.9 Å². The maximum absolute atomic E-state index is 12.3. The highest BCUT2D eigenvalue weighted by Gasteiger charge is 2.64. The number of phenols is 1. The first-order valence-corrected chi connectivity index (χ1v) is 27.2. The van der Waals surface area contributed by atoms with E-state index in [2.05, 4.69) is 31.9 Å². The minimum atomic E-state index is -0.699. The summed E-state index contributed by atoms with van der Waals surface area (Å²) < 4.78 is 60.7. The molecule has 3 aliphatic heterocycles. The van der Waals surface area contributed by atoms with Crippen LogP contribution in [0.4, 0.5) is 21.5 Å². The fourth-order valence-electron chi connectivity index (χ4n) is 7.28. The molecule has 3 fully saturated rings. The standard InChI is InChI=1S/C19H20BNO6.C13H8BrNO4.C12H24B2O4.C7H4BrFO.C6H5NO3.2CH4/c1-18(2)19(3,4)27-20(26-18)17-11-16(8-5-13(17)12-22)25-15-9-6-14(7-10-15)21(23)24;14-13-7-12(4-1-9(13)8-16)19-11-5-2-10(3-6-11)15(17)18;1-9(2)10(3,4)16-13(15-9)14-17-11(5,6)12(7,8)18-14;8-7-3-6(9)2-1-5(7)4-10;8-6-3-1-5(2-4-6)7(9)10;;/h5-12H,1-4H3;1-8H;1-8H3;1-4H;1-4,8H;2*1H4. The number of halogens is 3. The van der Waals surface area contributed by atoms with Crippen molar-refractivity contribution < 1.29 is 76.1 Å². The first-order valence-electron chi connectivity index (χ1n) is 25.6. The van der Waals surface area contributed by atoms with Crippen molar-refractivity contribution in [2.24, 2.45) is 0 Å². The van der Waals surface area contributed by atoms with Crippen LogP contribution < -0.4 is 14.9 Å². The molecule has 6 aromatic rings. The van der Waals surface area contributed by atoms with Crippen LogP contribution in [0.25, 0.3) is 0 Å². The summed E-state index contributed by atoms with van der Waals surface area (Å²) in [4.78, 5) is 62.1. The van der Waals surface area contributed by atoms with Crippen molar-refractivity contribution in [1.82, 2.24) is 0 Å². The van der Waals surface area contributed by atoms with Crippen LogP contribution in [0.15, 0.2) is 136 Å². The summed E-state index contributed by atoms with van der Waals surface area (Å²) in [5, 5.41) is 40.0. The highest BCUT2D eigenvalue weighted by atomic mass is 79.9. The van der Waals surface area contributed by atoms with Crippen molar-refractivity contribution in [3.63, 3.8) is 0 Å². The number of nitrogens with zero attached hydrogens (tertiary/aromatic N) is 3. The lowest BCUT2D eigenvalue weighted by molar-refractivity contribution is -0.385. The van der Waals surface area contributed by atoms with Gasteiger partial charge in [0, 0.05) is 62.0 Å². The summed E-state index contributed by atoms with van der Waals surface area (Å²) in [6, 6.07) is 30.4. The van der Waals surface area contributed by atoms with Gasteiger partial charge in [0.2, 0.25) is 0 Å². The Labute approximate surface area is 517 Å². The maximum atomic E-state index is 12.3. The van der Waals surface area contributed by atoms with Crippen LogP contribution in [0.3, 0.4) is 0 Å². The van der Waals surface area contributed by atoms with Gasteiger partial charge >= 0.3 is 21.1 Å². The molecule has 0 atom stereocenters. The fourth-order valence-corrected chi connectivity index (χ4v) is 8.18.